The largest absolute Gasteiger partial charge is 0.322 e. The van der Waals surface area contributed by atoms with E-state index in [9.17, 15) is 0 Å². The predicted molar refractivity (Wildman–Crippen MR) is 165 cm³/mol. The highest BCUT2D eigenvalue weighted by Crippen LogP contribution is 2.26. The van der Waals surface area contributed by atoms with E-state index in [4.69, 9.17) is 15.0 Å². The van der Waals surface area contributed by atoms with E-state index < -0.39 is 0 Å². The van der Waals surface area contributed by atoms with Crippen LogP contribution in [0.25, 0.3) is 0 Å². The van der Waals surface area contributed by atoms with Crippen molar-refractivity contribution in [2.24, 2.45) is 0 Å². The normalized spacial score (nSPS) is 11.1. The van der Waals surface area contributed by atoms with Crippen LogP contribution in [0, 0.1) is 0 Å². The Morgan fingerprint density at radius 2 is 0.576 bits per heavy atom. The summed E-state index contributed by atoms with van der Waals surface area (Å²) >= 11 is 11.5. The molecule has 0 aliphatic rings. The van der Waals surface area contributed by atoms with E-state index in [0.29, 0.717) is 0 Å². The van der Waals surface area contributed by atoms with Gasteiger partial charge in [-0.2, -0.15) is 15.0 Å². The van der Waals surface area contributed by atoms with Crippen LogP contribution in [0.4, 0.5) is 17.8 Å². The van der Waals surface area contributed by atoms with Gasteiger partial charge in [0, 0.05) is 0 Å². The lowest BCUT2D eigenvalue weighted by Crippen LogP contribution is -2.32. The first-order valence-corrected chi connectivity index (χ1v) is 18.5. The van der Waals surface area contributed by atoms with Crippen molar-refractivity contribution >= 4 is 88.4 Å². The summed E-state index contributed by atoms with van der Waals surface area (Å²) < 4.78 is 0. The first-order valence-electron chi connectivity index (χ1n) is 11.6. The molecule has 1 aromatic heterocycles. The number of anilines is 3. The van der Waals surface area contributed by atoms with Gasteiger partial charge >= 0.3 is 0 Å². The van der Waals surface area contributed by atoms with Crippen LogP contribution in [0.3, 0.4) is 0 Å². The lowest BCUT2D eigenvalue weighted by Gasteiger charge is -2.28. The summed E-state index contributed by atoms with van der Waals surface area (Å²) in [5, 5.41) is 0. The molecule has 0 aliphatic heterocycles. The first kappa shape index (κ1) is 31.5. The molecular formula is C21H42N6S6. The molecule has 192 valence electrons. The Balaban J connectivity index is 3.43. The molecule has 0 N–H and O–H groups in total. The minimum atomic E-state index is 0.804. The number of hydrogen-bond acceptors (Lipinski definition) is 12. The highest BCUT2D eigenvalue weighted by molar-refractivity contribution is 8.01. The second-order valence-corrected chi connectivity index (χ2v) is 14.0. The van der Waals surface area contributed by atoms with Crippen LogP contribution in [0.2, 0.25) is 0 Å². The monoisotopic (exact) mass is 570 g/mol. The Labute approximate surface area is 228 Å². The van der Waals surface area contributed by atoms with Crippen molar-refractivity contribution in [3.63, 3.8) is 0 Å². The van der Waals surface area contributed by atoms with E-state index in [1.807, 2.05) is 70.6 Å². The Morgan fingerprint density at radius 3 is 0.727 bits per heavy atom. The molecule has 0 unspecified atom stereocenters. The second kappa shape index (κ2) is 20.7. The second-order valence-electron chi connectivity index (χ2n) is 6.59. The van der Waals surface area contributed by atoms with Crippen molar-refractivity contribution in [2.45, 2.75) is 41.5 Å². The third-order valence-electron chi connectivity index (χ3n) is 4.16. The molecule has 12 heteroatoms. The summed E-state index contributed by atoms with van der Waals surface area (Å²) in [6.07, 6.45) is 0. The van der Waals surface area contributed by atoms with Crippen molar-refractivity contribution in [3.8, 4) is 0 Å². The predicted octanol–water partition coefficient (Wildman–Crippen LogP) is 6.55. The molecule has 0 aromatic carbocycles. The van der Waals surface area contributed by atoms with Crippen molar-refractivity contribution in [3.05, 3.63) is 0 Å². The van der Waals surface area contributed by atoms with Crippen molar-refractivity contribution < 1.29 is 0 Å². The van der Waals surface area contributed by atoms with Crippen LogP contribution >= 0.6 is 70.6 Å². The van der Waals surface area contributed by atoms with Gasteiger partial charge in [-0.3, -0.25) is 0 Å². The van der Waals surface area contributed by atoms with Crippen molar-refractivity contribution in [1.82, 2.24) is 15.0 Å². The lowest BCUT2D eigenvalue weighted by molar-refractivity contribution is 0.855. The Morgan fingerprint density at radius 1 is 0.394 bits per heavy atom. The first-order chi connectivity index (χ1) is 16.1. The van der Waals surface area contributed by atoms with Crippen LogP contribution in [0.1, 0.15) is 41.5 Å². The molecule has 0 radical (unpaired) electrons. The van der Waals surface area contributed by atoms with Crippen LogP contribution in [-0.4, -0.2) is 84.7 Å². The minimum Gasteiger partial charge on any atom is -0.322 e. The molecule has 0 bridgehead atoms. The summed E-state index contributed by atoms with van der Waals surface area (Å²) in [5.74, 6) is 14.3. The van der Waals surface area contributed by atoms with E-state index in [0.717, 1.165) is 87.6 Å². The zero-order valence-electron chi connectivity index (χ0n) is 21.1. The van der Waals surface area contributed by atoms with E-state index in [2.05, 4.69) is 56.2 Å². The summed E-state index contributed by atoms with van der Waals surface area (Å²) in [6.45, 7) is 13.2. The van der Waals surface area contributed by atoms with E-state index in [-0.39, 0.29) is 0 Å². The van der Waals surface area contributed by atoms with E-state index in [1.54, 1.807) is 0 Å². The SMILES string of the molecule is CCSCN(CSCC)c1nc(N(CSCC)CSCC)nc(N(CSCC)CSCC)n1. The molecule has 6 nitrogen and oxygen atoms in total. The molecule has 0 aliphatic carbocycles. The van der Waals surface area contributed by atoms with Gasteiger partial charge in [0.05, 0.1) is 35.3 Å². The fourth-order valence-electron chi connectivity index (χ4n) is 2.43. The van der Waals surface area contributed by atoms with Crippen molar-refractivity contribution in [1.29, 1.82) is 0 Å². The lowest BCUT2D eigenvalue weighted by atomic mass is 10.7. The van der Waals surface area contributed by atoms with Gasteiger partial charge in [-0.25, -0.2) is 0 Å². The molecule has 0 fully saturated rings. The molecule has 0 saturated carbocycles. The smallest absolute Gasteiger partial charge is 0.233 e. The minimum absolute atomic E-state index is 0.804. The molecule has 0 spiro atoms. The quantitative estimate of drug-likeness (QED) is 0.151. The number of thioether (sulfide) groups is 6. The Bertz CT molecular complexity index is 497. The molecule has 1 aromatic rings. The molecule has 33 heavy (non-hydrogen) atoms. The van der Waals surface area contributed by atoms with Gasteiger partial charge in [0.1, 0.15) is 0 Å². The maximum atomic E-state index is 5.02. The van der Waals surface area contributed by atoms with Crippen molar-refractivity contribution in [2.75, 3.05) is 84.5 Å². The molecule has 1 heterocycles. The van der Waals surface area contributed by atoms with Gasteiger partial charge in [-0.15, -0.1) is 70.6 Å². The van der Waals surface area contributed by atoms with Gasteiger partial charge in [-0.1, -0.05) is 41.5 Å². The fraction of sp³-hybridized carbons (Fsp3) is 0.857. The van der Waals surface area contributed by atoms with Crippen LogP contribution in [0.5, 0.6) is 0 Å². The highest BCUT2D eigenvalue weighted by atomic mass is 32.2. The van der Waals surface area contributed by atoms with Gasteiger partial charge < -0.3 is 14.7 Å². The van der Waals surface area contributed by atoms with Gasteiger partial charge in [0.2, 0.25) is 17.8 Å². The summed E-state index contributed by atoms with van der Waals surface area (Å²) in [5.41, 5.74) is 0. The topological polar surface area (TPSA) is 48.4 Å². The molecule has 0 saturated heterocycles. The maximum absolute atomic E-state index is 5.02. The van der Waals surface area contributed by atoms with Crippen LogP contribution in [0.15, 0.2) is 0 Å². The number of hydrogen-bond donors (Lipinski definition) is 0. The van der Waals surface area contributed by atoms with Crippen LogP contribution in [-0.2, 0) is 0 Å². The fourth-order valence-corrected chi connectivity index (χ4v) is 6.44. The molecular weight excluding hydrogens is 529 g/mol. The van der Waals surface area contributed by atoms with Gasteiger partial charge in [0.15, 0.2) is 0 Å². The number of rotatable bonds is 21. The molecule has 0 amide bonds. The molecule has 1 rings (SSSR count). The summed E-state index contributed by atoms with van der Waals surface area (Å²) in [6, 6.07) is 0. The maximum Gasteiger partial charge on any atom is 0.233 e. The number of aromatic nitrogens is 3. The standard InChI is InChI=1S/C21H42N6S6/c1-7-28-13-25(14-29-8-2)19-22-20(26(15-30-9-3)16-31-10-4)24-21(23-19)27(17-32-11-5)18-33-12-6/h7-18H2,1-6H3. The zero-order chi connectivity index (χ0) is 24.3. The van der Waals surface area contributed by atoms with Crippen LogP contribution < -0.4 is 14.7 Å². The third kappa shape index (κ3) is 12.9. The average molecular weight is 571 g/mol. The third-order valence-corrected chi connectivity index (χ3v) is 9.57. The van der Waals surface area contributed by atoms with E-state index >= 15 is 0 Å². The zero-order valence-corrected chi connectivity index (χ0v) is 26.0. The summed E-state index contributed by atoms with van der Waals surface area (Å²) in [7, 11) is 0. The van der Waals surface area contributed by atoms with Gasteiger partial charge in [0.25, 0.3) is 0 Å². The Hall–Kier alpha value is 0.510. The highest BCUT2D eigenvalue weighted by Gasteiger charge is 2.20. The Kier molecular flexibility index (Phi) is 19.8. The number of nitrogens with zero attached hydrogens (tertiary/aromatic N) is 6. The van der Waals surface area contributed by atoms with Gasteiger partial charge in [-0.05, 0) is 34.5 Å². The average Bonchev–Trinajstić information content (AvgIpc) is 2.84. The van der Waals surface area contributed by atoms with E-state index in [1.165, 1.54) is 0 Å². The summed E-state index contributed by atoms with van der Waals surface area (Å²) in [4.78, 5) is 22.0. The molecule has 0 atom stereocenters.